The molecule has 3 aliphatic heterocycles. The van der Waals surface area contributed by atoms with Crippen LogP contribution in [0.15, 0.2) is 18.2 Å². The van der Waals surface area contributed by atoms with Gasteiger partial charge in [0.05, 0.1) is 12.0 Å². The number of benzene rings is 1. The van der Waals surface area contributed by atoms with Crippen molar-refractivity contribution in [2.24, 2.45) is 23.2 Å². The van der Waals surface area contributed by atoms with Crippen LogP contribution in [0.4, 0.5) is 5.69 Å². The van der Waals surface area contributed by atoms with Crippen molar-refractivity contribution < 1.29 is 14.3 Å². The Kier molecular flexibility index (Phi) is 4.72. The summed E-state index contributed by atoms with van der Waals surface area (Å²) in [7, 11) is 0. The summed E-state index contributed by atoms with van der Waals surface area (Å²) in [4.78, 5) is 18.0. The van der Waals surface area contributed by atoms with Crippen LogP contribution in [0, 0.1) is 37.0 Å². The fourth-order valence-corrected chi connectivity index (χ4v) is 7.97. The lowest BCUT2D eigenvalue weighted by atomic mass is 9.53. The van der Waals surface area contributed by atoms with Crippen molar-refractivity contribution in [1.82, 2.24) is 4.90 Å². The van der Waals surface area contributed by atoms with Crippen LogP contribution in [0.5, 0.6) is 0 Å². The number of esters is 1. The van der Waals surface area contributed by atoms with E-state index in [-0.39, 0.29) is 41.0 Å². The van der Waals surface area contributed by atoms with Crippen LogP contribution in [0.3, 0.4) is 0 Å². The van der Waals surface area contributed by atoms with Gasteiger partial charge in [0.25, 0.3) is 0 Å². The molecule has 32 heavy (non-hydrogen) atoms. The molecule has 5 heteroatoms. The Bertz CT molecular complexity index is 925. The molecule has 174 valence electrons. The van der Waals surface area contributed by atoms with Crippen LogP contribution in [0.1, 0.15) is 50.7 Å². The first kappa shape index (κ1) is 21.0. The Morgan fingerprint density at radius 3 is 2.72 bits per heavy atom. The van der Waals surface area contributed by atoms with Crippen molar-refractivity contribution in [3.05, 3.63) is 29.3 Å². The molecule has 0 amide bonds. The normalized spacial score (nSPS) is 43.3. The van der Waals surface area contributed by atoms with Crippen molar-refractivity contribution in [2.45, 2.75) is 71.2 Å². The van der Waals surface area contributed by atoms with Gasteiger partial charge in [-0.3, -0.25) is 9.69 Å². The maximum Gasteiger partial charge on any atom is 0.311 e. The summed E-state index contributed by atoms with van der Waals surface area (Å²) in [6, 6.07) is 6.59. The summed E-state index contributed by atoms with van der Waals surface area (Å²) in [6.07, 6.45) is 4.99. The lowest BCUT2D eigenvalue weighted by Gasteiger charge is -2.49. The second-order valence-electron chi connectivity index (χ2n) is 11.6. The Labute approximate surface area is 192 Å². The predicted molar refractivity (Wildman–Crippen MR) is 125 cm³/mol. The number of hydrogen-bond acceptors (Lipinski definition) is 5. The first-order valence-electron chi connectivity index (χ1n) is 12.8. The number of fused-ring (bicyclic) bond motifs is 2. The fourth-order valence-electron chi connectivity index (χ4n) is 7.97. The number of ether oxygens (including phenoxy) is 2. The molecular weight excluding hydrogens is 400 g/mol. The van der Waals surface area contributed by atoms with Crippen LogP contribution in [0.25, 0.3) is 0 Å². The molecule has 1 aromatic carbocycles. The Morgan fingerprint density at radius 2 is 1.94 bits per heavy atom. The van der Waals surface area contributed by atoms with Crippen molar-refractivity contribution >= 4 is 11.7 Å². The highest BCUT2D eigenvalue weighted by Crippen LogP contribution is 2.70. The van der Waals surface area contributed by atoms with Gasteiger partial charge in [-0.1, -0.05) is 32.4 Å². The van der Waals surface area contributed by atoms with E-state index in [2.05, 4.69) is 55.7 Å². The summed E-state index contributed by atoms with van der Waals surface area (Å²) in [5, 5.41) is 0. The van der Waals surface area contributed by atoms with E-state index >= 15 is 0 Å². The van der Waals surface area contributed by atoms with E-state index in [0.717, 1.165) is 39.1 Å². The maximum atomic E-state index is 13.0. The molecule has 3 heterocycles. The van der Waals surface area contributed by atoms with Crippen molar-refractivity contribution in [3.8, 4) is 0 Å². The number of aryl methyl sites for hydroxylation is 1. The SMILES string of the molecule is Cc1cccc(N2CCN(CC3C(=O)O[C@@H]4C[C@@]5(C)CCC[C@H](C)[C@@]56O[C@H]6[C@H]34)CC2)c1C. The third-order valence-corrected chi connectivity index (χ3v) is 9.94. The number of hydrogen-bond donors (Lipinski definition) is 0. The lowest BCUT2D eigenvalue weighted by molar-refractivity contribution is -0.146. The van der Waals surface area contributed by atoms with Crippen LogP contribution < -0.4 is 4.90 Å². The number of rotatable bonds is 3. The van der Waals surface area contributed by atoms with Gasteiger partial charge in [-0.25, -0.2) is 0 Å². The molecular formula is C27H38N2O3. The summed E-state index contributed by atoms with van der Waals surface area (Å²) in [5.74, 6) is 0.825. The molecule has 0 radical (unpaired) electrons. The van der Waals surface area contributed by atoms with Gasteiger partial charge >= 0.3 is 5.97 Å². The van der Waals surface area contributed by atoms with E-state index in [0.29, 0.717) is 5.92 Å². The molecule has 5 aliphatic rings. The molecule has 6 rings (SSSR count). The van der Waals surface area contributed by atoms with Gasteiger partial charge in [-0.15, -0.1) is 0 Å². The third-order valence-electron chi connectivity index (χ3n) is 9.94. The zero-order valence-corrected chi connectivity index (χ0v) is 20.1. The Balaban J connectivity index is 1.15. The smallest absolute Gasteiger partial charge is 0.311 e. The Hall–Kier alpha value is -1.59. The number of piperazine rings is 1. The van der Waals surface area contributed by atoms with Crippen molar-refractivity contribution in [2.75, 3.05) is 37.6 Å². The second-order valence-corrected chi connectivity index (χ2v) is 11.6. The predicted octanol–water partition coefficient (Wildman–Crippen LogP) is 3.95. The average molecular weight is 439 g/mol. The molecule has 1 aromatic rings. The Morgan fingerprint density at radius 1 is 1.16 bits per heavy atom. The van der Waals surface area contributed by atoms with E-state index in [1.807, 2.05) is 0 Å². The minimum atomic E-state index is -0.0321. The molecule has 5 fully saturated rings. The molecule has 5 nitrogen and oxygen atoms in total. The third kappa shape index (κ3) is 2.86. The number of nitrogens with zero attached hydrogens (tertiary/aromatic N) is 2. The lowest BCUT2D eigenvalue weighted by Crippen LogP contribution is -2.55. The summed E-state index contributed by atoms with van der Waals surface area (Å²) < 4.78 is 12.6. The maximum absolute atomic E-state index is 13.0. The van der Waals surface area contributed by atoms with E-state index < -0.39 is 0 Å². The fraction of sp³-hybridized carbons (Fsp3) is 0.741. The van der Waals surface area contributed by atoms with E-state index in [1.54, 1.807) is 0 Å². The highest BCUT2D eigenvalue weighted by atomic mass is 16.6. The molecule has 1 unspecified atom stereocenters. The summed E-state index contributed by atoms with van der Waals surface area (Å²) in [6.45, 7) is 14.0. The summed E-state index contributed by atoms with van der Waals surface area (Å²) >= 11 is 0. The van der Waals surface area contributed by atoms with Crippen molar-refractivity contribution in [3.63, 3.8) is 0 Å². The number of epoxide rings is 1. The monoisotopic (exact) mass is 438 g/mol. The minimum Gasteiger partial charge on any atom is -0.462 e. The summed E-state index contributed by atoms with van der Waals surface area (Å²) in [5.41, 5.74) is 4.26. The first-order chi connectivity index (χ1) is 15.3. The second kappa shape index (κ2) is 7.20. The van der Waals surface area contributed by atoms with Crippen LogP contribution in [-0.2, 0) is 14.3 Å². The molecule has 1 spiro atoms. The van der Waals surface area contributed by atoms with Gasteiger partial charge in [-0.05, 0) is 56.2 Å². The van der Waals surface area contributed by atoms with Gasteiger partial charge in [0.15, 0.2) is 0 Å². The quantitative estimate of drug-likeness (QED) is 0.528. The van der Waals surface area contributed by atoms with Crippen molar-refractivity contribution in [1.29, 1.82) is 0 Å². The topological polar surface area (TPSA) is 45.3 Å². The number of carbonyl (C=O) groups excluding carboxylic acids is 1. The van der Waals surface area contributed by atoms with E-state index in [4.69, 9.17) is 9.47 Å². The van der Waals surface area contributed by atoms with Crippen LogP contribution >= 0.6 is 0 Å². The molecule has 2 saturated carbocycles. The van der Waals surface area contributed by atoms with Gasteiger partial charge < -0.3 is 14.4 Å². The molecule has 0 N–H and O–H groups in total. The molecule has 2 aliphatic carbocycles. The van der Waals surface area contributed by atoms with Gasteiger partial charge in [0, 0.05) is 49.7 Å². The standard InChI is InChI=1S/C27H38N2O3/c1-17-7-5-9-21(19(17)3)29-13-11-28(12-14-29)16-20-23-22(31-25(20)30)15-26(4)10-6-8-18(2)27(26)24(23)32-27/h5,7,9,18,20,22-24H,6,8,10-16H2,1-4H3/t18-,20?,22+,23+,24-,26+,27-/m0/s1. The number of anilines is 1. The highest BCUT2D eigenvalue weighted by molar-refractivity contribution is 5.76. The first-order valence-corrected chi connectivity index (χ1v) is 12.8. The van der Waals surface area contributed by atoms with Gasteiger partial charge in [-0.2, -0.15) is 0 Å². The van der Waals surface area contributed by atoms with Gasteiger partial charge in [0.2, 0.25) is 0 Å². The minimum absolute atomic E-state index is 0.0000399. The zero-order chi connectivity index (χ0) is 22.3. The van der Waals surface area contributed by atoms with E-state index in [1.165, 1.54) is 36.1 Å². The van der Waals surface area contributed by atoms with Crippen LogP contribution in [0.2, 0.25) is 0 Å². The molecule has 0 aromatic heterocycles. The van der Waals surface area contributed by atoms with E-state index in [9.17, 15) is 4.79 Å². The molecule has 3 saturated heterocycles. The number of carbonyl (C=O) groups is 1. The average Bonchev–Trinajstić information content (AvgIpc) is 3.45. The molecule has 7 atom stereocenters. The molecule has 0 bridgehead atoms. The highest BCUT2D eigenvalue weighted by Gasteiger charge is 2.78. The zero-order valence-electron chi connectivity index (χ0n) is 20.1. The largest absolute Gasteiger partial charge is 0.462 e. The van der Waals surface area contributed by atoms with Gasteiger partial charge in [0.1, 0.15) is 11.7 Å². The van der Waals surface area contributed by atoms with Crippen LogP contribution in [-0.4, -0.2) is 61.4 Å².